The summed E-state index contributed by atoms with van der Waals surface area (Å²) in [4.78, 5) is 37.7. The van der Waals surface area contributed by atoms with Gasteiger partial charge in [-0.05, 0) is 0 Å². The standard InChI is InChI=1S/2C3H4O4.BH3O3.Li.H/c2*4-2(5)1-3(6)7;2-1(3)4;;/h2*1H2,(H,4,5)(H,6,7);2-4H;;/q;;;+1;-1. The molecule has 0 amide bonds. The van der Waals surface area contributed by atoms with Crippen LogP contribution in [0.1, 0.15) is 14.3 Å². The molecule has 0 aliphatic carbocycles. The van der Waals surface area contributed by atoms with Crippen molar-refractivity contribution < 1.29 is 75.0 Å². The fourth-order valence-corrected chi connectivity index (χ4v) is 0.259. The monoisotopic (exact) mass is 278 g/mol. The van der Waals surface area contributed by atoms with Gasteiger partial charge in [0.2, 0.25) is 0 Å². The number of carboxylic acid groups (broad SMARTS) is 4. The van der Waals surface area contributed by atoms with E-state index >= 15 is 0 Å². The van der Waals surface area contributed by atoms with Crippen molar-refractivity contribution in [2.75, 3.05) is 0 Å². The van der Waals surface area contributed by atoms with Crippen molar-refractivity contribution in [2.24, 2.45) is 0 Å². The minimum atomic E-state index is -2.17. The van der Waals surface area contributed by atoms with Gasteiger partial charge in [-0.1, -0.05) is 0 Å². The van der Waals surface area contributed by atoms with Gasteiger partial charge in [0.15, 0.2) is 0 Å². The number of carboxylic acids is 4. The van der Waals surface area contributed by atoms with Gasteiger partial charge in [0, 0.05) is 0 Å². The summed E-state index contributed by atoms with van der Waals surface area (Å²) in [5, 5.41) is 52.3. The van der Waals surface area contributed by atoms with Crippen LogP contribution in [-0.2, 0) is 19.2 Å². The van der Waals surface area contributed by atoms with E-state index in [1.807, 2.05) is 0 Å². The molecule has 0 saturated heterocycles. The van der Waals surface area contributed by atoms with Crippen LogP contribution in [0.25, 0.3) is 0 Å². The van der Waals surface area contributed by atoms with Crippen LogP contribution in [0, 0.1) is 0 Å². The Morgan fingerprint density at radius 2 is 0.789 bits per heavy atom. The van der Waals surface area contributed by atoms with Crippen LogP contribution in [-0.4, -0.2) is 66.7 Å². The van der Waals surface area contributed by atoms with Crippen LogP contribution in [0.4, 0.5) is 0 Å². The summed E-state index contributed by atoms with van der Waals surface area (Å²) in [6.07, 6.45) is -1.61. The van der Waals surface area contributed by atoms with Gasteiger partial charge in [0.05, 0.1) is 0 Å². The normalized spacial score (nSPS) is 7.32. The quantitative estimate of drug-likeness (QED) is 0.190. The molecular weight excluding hydrogens is 266 g/mol. The fourth-order valence-electron chi connectivity index (χ4n) is 0.259. The Labute approximate surface area is 119 Å². The molecule has 0 unspecified atom stereocenters. The molecule has 0 rings (SSSR count). The van der Waals surface area contributed by atoms with E-state index in [1.54, 1.807) is 0 Å². The van der Waals surface area contributed by atoms with Crippen molar-refractivity contribution in [3.63, 3.8) is 0 Å². The van der Waals surface area contributed by atoms with Gasteiger partial charge in [-0.3, -0.25) is 19.2 Å². The summed E-state index contributed by atoms with van der Waals surface area (Å²) < 4.78 is 0. The summed E-state index contributed by atoms with van der Waals surface area (Å²) in [5.74, 6) is -5.25. The molecule has 0 aromatic carbocycles. The van der Waals surface area contributed by atoms with Gasteiger partial charge in [0.25, 0.3) is 0 Å². The van der Waals surface area contributed by atoms with Crippen LogP contribution < -0.4 is 18.9 Å². The van der Waals surface area contributed by atoms with E-state index in [2.05, 4.69) is 0 Å². The zero-order valence-electron chi connectivity index (χ0n) is 10.8. The Morgan fingerprint density at radius 1 is 0.684 bits per heavy atom. The SMILES string of the molecule is O=C(O)CC(=O)O.O=C(O)CC(=O)O.OB(O)O.[H-].[Li+]. The number of hydrogen-bond acceptors (Lipinski definition) is 7. The average molecular weight is 278 g/mol. The molecule has 0 fully saturated rings. The van der Waals surface area contributed by atoms with Crippen molar-refractivity contribution >= 4 is 31.2 Å². The molecule has 0 aliphatic heterocycles. The van der Waals surface area contributed by atoms with Crippen molar-refractivity contribution in [3.05, 3.63) is 0 Å². The van der Waals surface area contributed by atoms with Crippen LogP contribution in [0.5, 0.6) is 0 Å². The molecule has 0 radical (unpaired) electrons. The van der Waals surface area contributed by atoms with Crippen molar-refractivity contribution in [2.45, 2.75) is 12.8 Å². The Kier molecular flexibility index (Phi) is 22.5. The molecular formula is C6H12BLiO11. The molecule has 7 N–H and O–H groups in total. The number of aliphatic carboxylic acids is 4. The van der Waals surface area contributed by atoms with Gasteiger partial charge in [-0.2, -0.15) is 0 Å². The van der Waals surface area contributed by atoms with Crippen molar-refractivity contribution in [1.29, 1.82) is 0 Å². The summed E-state index contributed by atoms with van der Waals surface area (Å²) in [6.45, 7) is 0. The first-order valence-electron chi connectivity index (χ1n) is 3.90. The Bertz CT molecular complexity index is 244. The zero-order chi connectivity index (χ0) is 15.3. The number of rotatable bonds is 4. The maximum absolute atomic E-state index is 9.43. The predicted octanol–water partition coefficient (Wildman–Crippen LogP) is -5.84. The molecule has 0 aromatic heterocycles. The Morgan fingerprint density at radius 3 is 0.789 bits per heavy atom. The van der Waals surface area contributed by atoms with Gasteiger partial charge in [-0.15, -0.1) is 0 Å². The van der Waals surface area contributed by atoms with Crippen molar-refractivity contribution in [3.8, 4) is 0 Å². The first-order chi connectivity index (χ1) is 7.98. The molecule has 106 valence electrons. The van der Waals surface area contributed by atoms with Crippen LogP contribution in [0.15, 0.2) is 0 Å². The van der Waals surface area contributed by atoms with E-state index < -0.39 is 44.0 Å². The third kappa shape index (κ3) is 82.8. The molecule has 0 saturated carbocycles. The molecule has 0 atom stereocenters. The van der Waals surface area contributed by atoms with E-state index in [0.717, 1.165) is 0 Å². The van der Waals surface area contributed by atoms with Gasteiger partial charge < -0.3 is 36.9 Å². The topological polar surface area (TPSA) is 210 Å². The summed E-state index contributed by atoms with van der Waals surface area (Å²) >= 11 is 0. The first-order valence-corrected chi connectivity index (χ1v) is 3.90. The maximum Gasteiger partial charge on any atom is 1.00 e. The maximum atomic E-state index is 9.43. The minimum absolute atomic E-state index is 0. The third-order valence-electron chi connectivity index (χ3n) is 0.605. The average Bonchev–Trinajstić information content (AvgIpc) is 1.96. The molecule has 0 heterocycles. The molecule has 0 bridgehead atoms. The van der Waals surface area contributed by atoms with Gasteiger partial charge >= 0.3 is 50.1 Å². The molecule has 0 aliphatic rings. The summed E-state index contributed by atoms with van der Waals surface area (Å²) in [6, 6.07) is 0. The van der Waals surface area contributed by atoms with E-state index in [4.69, 9.17) is 35.5 Å². The molecule has 0 aromatic rings. The smallest absolute Gasteiger partial charge is 1.00 e. The van der Waals surface area contributed by atoms with E-state index in [1.165, 1.54) is 0 Å². The number of hydrogen-bond donors (Lipinski definition) is 7. The zero-order valence-corrected chi connectivity index (χ0v) is 9.76. The van der Waals surface area contributed by atoms with Crippen LogP contribution in [0.3, 0.4) is 0 Å². The van der Waals surface area contributed by atoms with E-state index in [0.29, 0.717) is 0 Å². The second-order valence-corrected chi connectivity index (χ2v) is 2.27. The Balaban J connectivity index is -0.0000000555. The van der Waals surface area contributed by atoms with Gasteiger partial charge in [0.1, 0.15) is 12.8 Å². The van der Waals surface area contributed by atoms with Crippen LogP contribution in [0.2, 0.25) is 0 Å². The van der Waals surface area contributed by atoms with E-state index in [9.17, 15) is 19.2 Å². The summed E-state index contributed by atoms with van der Waals surface area (Å²) in [5.41, 5.74) is 0. The second-order valence-electron chi connectivity index (χ2n) is 2.27. The van der Waals surface area contributed by atoms with Gasteiger partial charge in [-0.25, -0.2) is 0 Å². The molecule has 13 heteroatoms. The Hall–Kier alpha value is -1.58. The van der Waals surface area contributed by atoms with Crippen LogP contribution >= 0.6 is 0 Å². The molecule has 19 heavy (non-hydrogen) atoms. The van der Waals surface area contributed by atoms with Crippen molar-refractivity contribution in [1.82, 2.24) is 0 Å². The third-order valence-corrected chi connectivity index (χ3v) is 0.605. The fraction of sp³-hybridized carbons (Fsp3) is 0.333. The van der Waals surface area contributed by atoms with E-state index in [-0.39, 0.29) is 20.3 Å². The first kappa shape index (κ1) is 26.1. The second kappa shape index (κ2) is 16.4. The predicted molar refractivity (Wildman–Crippen MR) is 53.3 cm³/mol. The minimum Gasteiger partial charge on any atom is -1.00 e. The largest absolute Gasteiger partial charge is 1.00 e. The molecule has 11 nitrogen and oxygen atoms in total. The number of carbonyl (C=O) groups is 4. The summed E-state index contributed by atoms with van der Waals surface area (Å²) in [7, 11) is -2.17. The molecule has 0 spiro atoms.